The van der Waals surface area contributed by atoms with Crippen molar-refractivity contribution >= 4 is 17.4 Å². The van der Waals surface area contributed by atoms with Crippen LogP contribution in [0.4, 0.5) is 0 Å². The van der Waals surface area contributed by atoms with Gasteiger partial charge in [0.1, 0.15) is 6.61 Å². The molecule has 0 atom stereocenters. The van der Waals surface area contributed by atoms with Gasteiger partial charge in [-0.15, -0.1) is 5.06 Å². The average molecular weight is 279 g/mol. The minimum atomic E-state index is -0.449. The highest BCUT2D eigenvalue weighted by Gasteiger charge is 2.32. The topological polar surface area (TPSA) is 46.6 Å². The zero-order valence-corrected chi connectivity index (χ0v) is 11.2. The number of hydrogen-bond donors (Lipinski definition) is 0. The van der Waals surface area contributed by atoms with Gasteiger partial charge in [0.05, 0.1) is 5.57 Å². The Morgan fingerprint density at radius 2 is 1.48 bits per heavy atom. The lowest BCUT2D eigenvalue weighted by Crippen LogP contribution is -2.30. The van der Waals surface area contributed by atoms with E-state index in [2.05, 4.69) is 0 Å². The van der Waals surface area contributed by atoms with Gasteiger partial charge >= 0.3 is 0 Å². The van der Waals surface area contributed by atoms with Crippen LogP contribution in [0.2, 0.25) is 0 Å². The van der Waals surface area contributed by atoms with Crippen molar-refractivity contribution in [3.63, 3.8) is 0 Å². The van der Waals surface area contributed by atoms with E-state index >= 15 is 0 Å². The van der Waals surface area contributed by atoms with Gasteiger partial charge in [-0.3, -0.25) is 14.4 Å². The largest absolute Gasteiger partial charge is 0.285 e. The lowest BCUT2D eigenvalue weighted by molar-refractivity contribution is -0.188. The monoisotopic (exact) mass is 279 g/mol. The Labute approximate surface area is 122 Å². The molecule has 1 heterocycles. The zero-order valence-electron chi connectivity index (χ0n) is 11.2. The summed E-state index contributed by atoms with van der Waals surface area (Å²) in [6.45, 7) is 0.175. The Morgan fingerprint density at radius 1 is 0.857 bits per heavy atom. The maximum Gasteiger partial charge on any atom is 0.285 e. The summed E-state index contributed by atoms with van der Waals surface area (Å²) in [6.07, 6.45) is 1.31. The summed E-state index contributed by atoms with van der Waals surface area (Å²) < 4.78 is 0. The molecule has 0 spiro atoms. The quantitative estimate of drug-likeness (QED) is 0.808. The van der Waals surface area contributed by atoms with Crippen molar-refractivity contribution in [2.45, 2.75) is 6.61 Å². The molecule has 0 bridgehead atoms. The number of carbonyl (C=O) groups is 2. The number of hydroxylamine groups is 2. The lowest BCUT2D eigenvalue weighted by atomic mass is 10.1. The molecule has 1 aliphatic rings. The predicted molar refractivity (Wildman–Crippen MR) is 77.5 cm³/mol. The number of imide groups is 1. The maximum atomic E-state index is 12.2. The molecule has 4 heteroatoms. The fraction of sp³-hybridized carbons (Fsp3) is 0.0588. The van der Waals surface area contributed by atoms with Crippen LogP contribution in [0, 0.1) is 0 Å². The Kier molecular flexibility index (Phi) is 3.62. The molecule has 0 aromatic heterocycles. The second-order valence-corrected chi connectivity index (χ2v) is 4.62. The third kappa shape index (κ3) is 2.75. The van der Waals surface area contributed by atoms with Crippen LogP contribution in [0.15, 0.2) is 66.7 Å². The van der Waals surface area contributed by atoms with Crippen molar-refractivity contribution in [3.05, 3.63) is 77.9 Å². The van der Waals surface area contributed by atoms with E-state index in [0.29, 0.717) is 11.1 Å². The molecule has 0 radical (unpaired) electrons. The van der Waals surface area contributed by atoms with E-state index in [0.717, 1.165) is 10.6 Å². The van der Waals surface area contributed by atoms with Gasteiger partial charge in [-0.2, -0.15) is 0 Å². The second-order valence-electron chi connectivity index (χ2n) is 4.62. The summed E-state index contributed by atoms with van der Waals surface area (Å²) in [7, 11) is 0. The second kappa shape index (κ2) is 5.73. The van der Waals surface area contributed by atoms with Gasteiger partial charge in [-0.05, 0) is 11.1 Å². The van der Waals surface area contributed by atoms with Crippen LogP contribution in [-0.2, 0) is 21.0 Å². The van der Waals surface area contributed by atoms with E-state index in [-0.39, 0.29) is 6.61 Å². The summed E-state index contributed by atoms with van der Waals surface area (Å²) >= 11 is 0. The molecule has 0 fully saturated rings. The Morgan fingerprint density at radius 3 is 2.14 bits per heavy atom. The molecule has 0 aliphatic carbocycles. The van der Waals surface area contributed by atoms with Gasteiger partial charge in [-0.25, -0.2) is 0 Å². The fourth-order valence-electron chi connectivity index (χ4n) is 2.11. The number of hydrogen-bond acceptors (Lipinski definition) is 3. The number of amides is 2. The van der Waals surface area contributed by atoms with Gasteiger partial charge in [-0.1, -0.05) is 60.7 Å². The molecular weight excluding hydrogens is 266 g/mol. The van der Waals surface area contributed by atoms with Crippen LogP contribution in [0.5, 0.6) is 0 Å². The van der Waals surface area contributed by atoms with Crippen molar-refractivity contribution in [3.8, 4) is 0 Å². The summed E-state index contributed by atoms with van der Waals surface area (Å²) in [6, 6.07) is 18.5. The summed E-state index contributed by atoms with van der Waals surface area (Å²) in [5.74, 6) is -0.878. The summed E-state index contributed by atoms with van der Waals surface area (Å²) in [4.78, 5) is 29.5. The highest BCUT2D eigenvalue weighted by molar-refractivity contribution is 6.32. The first-order valence-electron chi connectivity index (χ1n) is 6.58. The van der Waals surface area contributed by atoms with Gasteiger partial charge in [0.2, 0.25) is 0 Å². The van der Waals surface area contributed by atoms with Gasteiger partial charge in [0.15, 0.2) is 0 Å². The third-order valence-corrected chi connectivity index (χ3v) is 3.17. The summed E-state index contributed by atoms with van der Waals surface area (Å²) in [5, 5.41) is 0.815. The molecule has 0 N–H and O–H groups in total. The van der Waals surface area contributed by atoms with Crippen LogP contribution >= 0.6 is 0 Å². The molecule has 4 nitrogen and oxygen atoms in total. The molecule has 0 saturated heterocycles. The van der Waals surface area contributed by atoms with Crippen molar-refractivity contribution in [1.82, 2.24) is 5.06 Å². The molecule has 2 aromatic carbocycles. The molecule has 2 aromatic rings. The van der Waals surface area contributed by atoms with Crippen molar-refractivity contribution < 1.29 is 14.4 Å². The lowest BCUT2D eigenvalue weighted by Gasteiger charge is -2.14. The van der Waals surface area contributed by atoms with Gasteiger partial charge < -0.3 is 0 Å². The molecule has 1 aliphatic heterocycles. The predicted octanol–water partition coefficient (Wildman–Crippen LogP) is 2.57. The minimum Gasteiger partial charge on any atom is -0.267 e. The normalized spacial score (nSPS) is 14.5. The third-order valence-electron chi connectivity index (χ3n) is 3.17. The average Bonchev–Trinajstić information content (AvgIpc) is 2.82. The van der Waals surface area contributed by atoms with Crippen LogP contribution in [0.3, 0.4) is 0 Å². The van der Waals surface area contributed by atoms with Crippen molar-refractivity contribution in [1.29, 1.82) is 0 Å². The van der Waals surface area contributed by atoms with E-state index in [1.165, 1.54) is 6.08 Å². The Hall–Kier alpha value is -2.72. The zero-order chi connectivity index (χ0) is 14.7. The van der Waals surface area contributed by atoms with E-state index < -0.39 is 11.8 Å². The molecule has 0 unspecified atom stereocenters. The van der Waals surface area contributed by atoms with Crippen LogP contribution in [0.1, 0.15) is 11.1 Å². The number of rotatable bonds is 4. The standard InChI is InChI=1S/C17H13NO3/c19-16-11-15(14-9-5-2-6-10-14)17(20)18(16)21-12-13-7-3-1-4-8-13/h1-11H,12H2. The van der Waals surface area contributed by atoms with E-state index in [4.69, 9.17) is 4.84 Å². The molecule has 2 amide bonds. The fourth-order valence-corrected chi connectivity index (χ4v) is 2.11. The maximum absolute atomic E-state index is 12.2. The van der Waals surface area contributed by atoms with E-state index in [1.807, 2.05) is 48.5 Å². The molecule has 104 valence electrons. The van der Waals surface area contributed by atoms with Crippen LogP contribution < -0.4 is 0 Å². The Balaban J connectivity index is 1.72. The summed E-state index contributed by atoms with van der Waals surface area (Å²) in [5.41, 5.74) is 1.96. The highest BCUT2D eigenvalue weighted by Crippen LogP contribution is 2.23. The minimum absolute atomic E-state index is 0.175. The van der Waals surface area contributed by atoms with E-state index in [1.54, 1.807) is 12.1 Å². The molecular formula is C17H13NO3. The molecule has 3 rings (SSSR count). The SMILES string of the molecule is O=C1C=C(c2ccccc2)C(=O)N1OCc1ccccc1. The van der Waals surface area contributed by atoms with Gasteiger partial charge in [0, 0.05) is 6.08 Å². The highest BCUT2D eigenvalue weighted by atomic mass is 16.7. The van der Waals surface area contributed by atoms with Crippen LogP contribution in [-0.4, -0.2) is 16.9 Å². The van der Waals surface area contributed by atoms with Gasteiger partial charge in [0.25, 0.3) is 11.8 Å². The first kappa shape index (κ1) is 13.3. The molecule has 21 heavy (non-hydrogen) atoms. The first-order valence-corrected chi connectivity index (χ1v) is 6.58. The Bertz CT molecular complexity index is 692. The number of carbonyl (C=O) groups excluding carboxylic acids is 2. The van der Waals surface area contributed by atoms with Crippen molar-refractivity contribution in [2.75, 3.05) is 0 Å². The number of nitrogens with zero attached hydrogens (tertiary/aromatic N) is 1. The molecule has 0 saturated carbocycles. The van der Waals surface area contributed by atoms with Crippen LogP contribution in [0.25, 0.3) is 5.57 Å². The smallest absolute Gasteiger partial charge is 0.267 e. The van der Waals surface area contributed by atoms with E-state index in [9.17, 15) is 9.59 Å². The number of benzene rings is 2. The first-order chi connectivity index (χ1) is 10.3. The van der Waals surface area contributed by atoms with Crippen molar-refractivity contribution in [2.24, 2.45) is 0 Å².